The average molecular weight is 325 g/mol. The summed E-state index contributed by atoms with van der Waals surface area (Å²) >= 11 is 0. The molecule has 1 N–H and O–H groups in total. The van der Waals surface area contributed by atoms with Crippen molar-refractivity contribution in [1.82, 2.24) is 5.32 Å². The quantitative estimate of drug-likeness (QED) is 0.294. The zero-order valence-corrected chi connectivity index (χ0v) is 13.3. The molecule has 124 valence electrons. The summed E-state index contributed by atoms with van der Waals surface area (Å²) in [7, 11) is 0. The summed E-state index contributed by atoms with van der Waals surface area (Å²) in [4.78, 5) is 22.6. The first kappa shape index (κ1) is 17.4. The van der Waals surface area contributed by atoms with Crippen LogP contribution in [0.4, 0.5) is 5.69 Å². The molecule has 0 radical (unpaired) electrons. The minimum atomic E-state index is -0.468. The molecule has 1 fully saturated rings. The van der Waals surface area contributed by atoms with Gasteiger partial charge in [-0.3, -0.25) is 14.9 Å². The van der Waals surface area contributed by atoms with Gasteiger partial charge in [0.05, 0.1) is 10.5 Å². The molecule has 0 atom stereocenters. The maximum Gasteiger partial charge on any atom is 0.276 e. The molecule has 6 heteroatoms. The van der Waals surface area contributed by atoms with Gasteiger partial charge in [-0.25, -0.2) is 0 Å². The van der Waals surface area contributed by atoms with Crippen LogP contribution in [-0.2, 0) is 4.79 Å². The molecule has 0 saturated heterocycles. The van der Waals surface area contributed by atoms with Crippen LogP contribution >= 0.6 is 0 Å². The van der Waals surface area contributed by atoms with Crippen molar-refractivity contribution in [3.8, 4) is 6.07 Å². The number of nitriles is 1. The van der Waals surface area contributed by atoms with Crippen molar-refractivity contribution in [3.63, 3.8) is 0 Å². The third-order valence-electron chi connectivity index (χ3n) is 3.98. The van der Waals surface area contributed by atoms with Gasteiger partial charge in [0.25, 0.3) is 11.6 Å². The molecule has 1 aliphatic rings. The Morgan fingerprint density at radius 2 is 2.00 bits per heavy atom. The summed E-state index contributed by atoms with van der Waals surface area (Å²) in [5, 5.41) is 23.0. The second-order valence-electron chi connectivity index (χ2n) is 5.68. The summed E-state index contributed by atoms with van der Waals surface area (Å²) in [5.74, 6) is -0.392. The number of nitrogens with zero attached hydrogens (tertiary/aromatic N) is 2. The molecule has 1 saturated carbocycles. The van der Waals surface area contributed by atoms with E-state index in [2.05, 4.69) is 5.32 Å². The van der Waals surface area contributed by atoms with Crippen LogP contribution in [0.3, 0.4) is 0 Å². The van der Waals surface area contributed by atoms with E-state index in [1.807, 2.05) is 6.07 Å². The number of allylic oxidation sites excluding steroid dienone is 2. The van der Waals surface area contributed by atoms with E-state index in [9.17, 15) is 14.9 Å². The number of hydrogen-bond acceptors (Lipinski definition) is 4. The third-order valence-corrected chi connectivity index (χ3v) is 3.98. The standard InChI is InChI=1S/C18H19N3O3/c19-13-15(18(22)20-16-10-2-1-3-11-16)9-6-8-14-7-4-5-12-17(14)21(23)24/h4-9,12,16H,1-3,10-11H2,(H,20,22)/b8-6+,15-9+. The van der Waals surface area contributed by atoms with Crippen LogP contribution in [0.25, 0.3) is 6.08 Å². The highest BCUT2D eigenvalue weighted by Gasteiger charge is 2.17. The zero-order valence-electron chi connectivity index (χ0n) is 13.3. The van der Waals surface area contributed by atoms with Gasteiger partial charge in [-0.2, -0.15) is 5.26 Å². The third kappa shape index (κ3) is 4.78. The molecule has 1 aliphatic carbocycles. The van der Waals surface area contributed by atoms with E-state index in [0.29, 0.717) is 5.56 Å². The molecule has 1 aromatic rings. The van der Waals surface area contributed by atoms with Crippen molar-refractivity contribution in [1.29, 1.82) is 5.26 Å². The lowest BCUT2D eigenvalue weighted by molar-refractivity contribution is -0.385. The number of benzene rings is 1. The average Bonchev–Trinajstić information content (AvgIpc) is 2.59. The van der Waals surface area contributed by atoms with Crippen LogP contribution in [0, 0.1) is 21.4 Å². The molecule has 1 aromatic carbocycles. The maximum absolute atomic E-state index is 12.1. The van der Waals surface area contributed by atoms with Gasteiger partial charge in [0.1, 0.15) is 11.6 Å². The Bertz CT molecular complexity index is 710. The predicted octanol–water partition coefficient (Wildman–Crippen LogP) is 3.51. The predicted molar refractivity (Wildman–Crippen MR) is 90.8 cm³/mol. The Morgan fingerprint density at radius 1 is 1.29 bits per heavy atom. The lowest BCUT2D eigenvalue weighted by atomic mass is 9.95. The van der Waals surface area contributed by atoms with E-state index in [1.165, 1.54) is 30.7 Å². The van der Waals surface area contributed by atoms with Crippen LogP contribution in [0.1, 0.15) is 37.7 Å². The molecule has 0 spiro atoms. The maximum atomic E-state index is 12.1. The molecular weight excluding hydrogens is 306 g/mol. The molecule has 0 bridgehead atoms. The smallest absolute Gasteiger partial charge is 0.276 e. The van der Waals surface area contributed by atoms with Crippen LogP contribution in [-0.4, -0.2) is 16.9 Å². The van der Waals surface area contributed by atoms with Crippen molar-refractivity contribution in [3.05, 3.63) is 57.7 Å². The Hall–Kier alpha value is -2.94. The first-order chi connectivity index (χ1) is 11.6. The summed E-state index contributed by atoms with van der Waals surface area (Å²) in [6.07, 6.45) is 9.64. The van der Waals surface area contributed by atoms with Gasteiger partial charge in [-0.1, -0.05) is 37.5 Å². The van der Waals surface area contributed by atoms with Crippen LogP contribution < -0.4 is 5.32 Å². The molecule has 0 heterocycles. The number of amides is 1. The molecular formula is C18H19N3O3. The molecule has 0 aliphatic heterocycles. The van der Waals surface area contributed by atoms with E-state index < -0.39 is 10.8 Å². The first-order valence-electron chi connectivity index (χ1n) is 7.94. The number of carbonyl (C=O) groups excluding carboxylic acids is 1. The van der Waals surface area contributed by atoms with Crippen LogP contribution in [0.2, 0.25) is 0 Å². The van der Waals surface area contributed by atoms with E-state index in [-0.39, 0.29) is 17.3 Å². The highest BCUT2D eigenvalue weighted by Crippen LogP contribution is 2.19. The van der Waals surface area contributed by atoms with Crippen molar-refractivity contribution in [2.24, 2.45) is 0 Å². The topological polar surface area (TPSA) is 96.0 Å². The number of nitrogens with one attached hydrogen (secondary N) is 1. The van der Waals surface area contributed by atoms with Gasteiger partial charge in [-0.15, -0.1) is 0 Å². The monoisotopic (exact) mass is 325 g/mol. The fourth-order valence-corrected chi connectivity index (χ4v) is 2.72. The molecule has 1 amide bonds. The van der Waals surface area contributed by atoms with E-state index >= 15 is 0 Å². The van der Waals surface area contributed by atoms with E-state index in [0.717, 1.165) is 25.7 Å². The SMILES string of the molecule is N#C/C(=C\C=C\c1ccccc1[N+](=O)[O-])C(=O)NC1CCCCC1. The number of hydrogen-bond donors (Lipinski definition) is 1. The largest absolute Gasteiger partial charge is 0.349 e. The molecule has 2 rings (SSSR count). The van der Waals surface area contributed by atoms with Gasteiger partial charge in [0.2, 0.25) is 0 Å². The summed E-state index contributed by atoms with van der Waals surface area (Å²) < 4.78 is 0. The Morgan fingerprint density at radius 3 is 2.67 bits per heavy atom. The number of carbonyl (C=O) groups is 1. The zero-order chi connectivity index (χ0) is 17.4. The number of nitro benzene ring substituents is 1. The Labute approximate surface area is 140 Å². The summed E-state index contributed by atoms with van der Waals surface area (Å²) in [6.45, 7) is 0. The van der Waals surface area contributed by atoms with Crippen LogP contribution in [0.15, 0.2) is 42.0 Å². The van der Waals surface area contributed by atoms with Crippen molar-refractivity contribution in [2.75, 3.05) is 0 Å². The molecule has 0 aromatic heterocycles. The van der Waals surface area contributed by atoms with Crippen molar-refractivity contribution in [2.45, 2.75) is 38.1 Å². The molecule has 0 unspecified atom stereocenters. The van der Waals surface area contributed by atoms with E-state index in [1.54, 1.807) is 18.2 Å². The fraction of sp³-hybridized carbons (Fsp3) is 0.333. The Balaban J connectivity index is 2.06. The molecule has 6 nitrogen and oxygen atoms in total. The minimum Gasteiger partial charge on any atom is -0.349 e. The van der Waals surface area contributed by atoms with Gasteiger partial charge < -0.3 is 5.32 Å². The van der Waals surface area contributed by atoms with Crippen LogP contribution in [0.5, 0.6) is 0 Å². The minimum absolute atomic E-state index is 0.00425. The number of nitro groups is 1. The second kappa shape index (κ2) is 8.63. The number of rotatable bonds is 5. The lowest BCUT2D eigenvalue weighted by Gasteiger charge is -2.22. The van der Waals surface area contributed by atoms with Gasteiger partial charge >= 0.3 is 0 Å². The van der Waals surface area contributed by atoms with Gasteiger partial charge in [-0.05, 0) is 31.1 Å². The highest BCUT2D eigenvalue weighted by atomic mass is 16.6. The first-order valence-corrected chi connectivity index (χ1v) is 7.94. The summed E-state index contributed by atoms with van der Waals surface area (Å²) in [6, 6.07) is 8.30. The second-order valence-corrected chi connectivity index (χ2v) is 5.68. The lowest BCUT2D eigenvalue weighted by Crippen LogP contribution is -2.36. The Kier molecular flexibility index (Phi) is 6.26. The number of para-hydroxylation sites is 1. The fourth-order valence-electron chi connectivity index (χ4n) is 2.72. The molecule has 24 heavy (non-hydrogen) atoms. The van der Waals surface area contributed by atoms with Crippen molar-refractivity contribution >= 4 is 17.7 Å². The van der Waals surface area contributed by atoms with E-state index in [4.69, 9.17) is 5.26 Å². The highest BCUT2D eigenvalue weighted by molar-refractivity contribution is 5.97. The summed E-state index contributed by atoms with van der Waals surface area (Å²) in [5.41, 5.74) is 0.395. The van der Waals surface area contributed by atoms with Crippen molar-refractivity contribution < 1.29 is 9.72 Å². The normalized spacial score (nSPS) is 15.9. The van der Waals surface area contributed by atoms with Gasteiger partial charge in [0, 0.05) is 12.1 Å². The van der Waals surface area contributed by atoms with Gasteiger partial charge in [0.15, 0.2) is 0 Å².